The van der Waals surface area contributed by atoms with E-state index in [1.165, 1.54) is 10.9 Å². The van der Waals surface area contributed by atoms with Gasteiger partial charge >= 0.3 is 0 Å². The Morgan fingerprint density at radius 2 is 2.14 bits per heavy atom. The second-order valence-electron chi connectivity index (χ2n) is 5.17. The highest BCUT2D eigenvalue weighted by Crippen LogP contribution is 2.19. The van der Waals surface area contributed by atoms with Crippen LogP contribution in [0, 0.1) is 5.92 Å². The summed E-state index contributed by atoms with van der Waals surface area (Å²) in [5.41, 5.74) is 0.443. The molecule has 21 heavy (non-hydrogen) atoms. The fourth-order valence-corrected chi connectivity index (χ4v) is 3.05. The summed E-state index contributed by atoms with van der Waals surface area (Å²) < 4.78 is 7.43. The van der Waals surface area contributed by atoms with Crippen LogP contribution >= 0.6 is 15.9 Å². The van der Waals surface area contributed by atoms with Gasteiger partial charge in [-0.3, -0.25) is 14.2 Å². The topological polar surface area (TPSA) is 61.2 Å². The Kier molecular flexibility index (Phi) is 4.17. The van der Waals surface area contributed by atoms with Gasteiger partial charge in [0.25, 0.3) is 5.56 Å². The Bertz CT molecular complexity index is 735. The van der Waals surface area contributed by atoms with Gasteiger partial charge in [0.05, 0.1) is 23.8 Å². The zero-order valence-electron chi connectivity index (χ0n) is 11.4. The number of para-hydroxylation sites is 1. The molecule has 0 spiro atoms. The highest BCUT2D eigenvalue weighted by atomic mass is 79.9. The molecule has 5 nitrogen and oxygen atoms in total. The molecular formula is C15H15BrN2O3. The largest absolute Gasteiger partial charge is 0.381 e. The molecule has 0 saturated carbocycles. The number of ketones is 1. The number of nitrogens with zero attached hydrogens (tertiary/aromatic N) is 2. The number of hydrogen-bond donors (Lipinski definition) is 0. The minimum absolute atomic E-state index is 0.0103. The van der Waals surface area contributed by atoms with Crippen LogP contribution < -0.4 is 5.56 Å². The summed E-state index contributed by atoms with van der Waals surface area (Å²) in [5.74, 6) is 0.0698. The van der Waals surface area contributed by atoms with Crippen molar-refractivity contribution in [2.75, 3.05) is 13.2 Å². The summed E-state index contributed by atoms with van der Waals surface area (Å²) >= 11 is 3.38. The van der Waals surface area contributed by atoms with E-state index >= 15 is 0 Å². The van der Waals surface area contributed by atoms with Crippen molar-refractivity contribution >= 4 is 32.6 Å². The molecule has 0 unspecified atom stereocenters. The molecule has 1 aliphatic rings. The van der Waals surface area contributed by atoms with Crippen LogP contribution in [-0.2, 0) is 16.1 Å². The summed E-state index contributed by atoms with van der Waals surface area (Å²) in [6.07, 6.45) is 2.92. The van der Waals surface area contributed by atoms with E-state index in [-0.39, 0.29) is 23.8 Å². The molecule has 6 heteroatoms. The first-order valence-corrected chi connectivity index (χ1v) is 7.70. The van der Waals surface area contributed by atoms with Crippen LogP contribution in [0.25, 0.3) is 10.9 Å². The van der Waals surface area contributed by atoms with Crippen molar-refractivity contribution in [1.82, 2.24) is 9.55 Å². The summed E-state index contributed by atoms with van der Waals surface area (Å²) in [5, 5.41) is 0.520. The number of halogens is 1. The Hall–Kier alpha value is -1.53. The fraction of sp³-hybridized carbons (Fsp3) is 0.400. The molecule has 110 valence electrons. The van der Waals surface area contributed by atoms with E-state index < -0.39 is 0 Å². The predicted octanol–water partition coefficient (Wildman–Crippen LogP) is 2.15. The number of carbonyl (C=O) groups excluding carboxylic acids is 1. The number of ether oxygens (including phenoxy) is 1. The normalized spacial score (nSPS) is 16.2. The average molecular weight is 351 g/mol. The second-order valence-corrected chi connectivity index (χ2v) is 6.02. The molecule has 2 aromatic rings. The van der Waals surface area contributed by atoms with Crippen LogP contribution in [0.3, 0.4) is 0 Å². The van der Waals surface area contributed by atoms with Crippen LogP contribution in [0.1, 0.15) is 12.8 Å². The first-order chi connectivity index (χ1) is 10.2. The van der Waals surface area contributed by atoms with Crippen LogP contribution in [0.4, 0.5) is 0 Å². The monoisotopic (exact) mass is 350 g/mol. The number of carbonyl (C=O) groups is 1. The quantitative estimate of drug-likeness (QED) is 0.850. The molecule has 1 aromatic carbocycles. The third-order valence-electron chi connectivity index (χ3n) is 3.81. The van der Waals surface area contributed by atoms with Crippen molar-refractivity contribution in [3.05, 3.63) is 39.4 Å². The van der Waals surface area contributed by atoms with Crippen molar-refractivity contribution in [2.24, 2.45) is 5.92 Å². The van der Waals surface area contributed by atoms with Crippen molar-refractivity contribution in [3.63, 3.8) is 0 Å². The summed E-state index contributed by atoms with van der Waals surface area (Å²) in [4.78, 5) is 29.0. The van der Waals surface area contributed by atoms with Gasteiger partial charge in [-0.25, -0.2) is 4.98 Å². The van der Waals surface area contributed by atoms with Crippen molar-refractivity contribution in [2.45, 2.75) is 19.4 Å². The lowest BCUT2D eigenvalue weighted by Crippen LogP contribution is -2.31. The van der Waals surface area contributed by atoms with E-state index in [4.69, 9.17) is 4.74 Å². The molecule has 1 aliphatic heterocycles. The maximum atomic E-state index is 12.4. The lowest BCUT2D eigenvalue weighted by molar-refractivity contribution is -0.126. The highest BCUT2D eigenvalue weighted by Gasteiger charge is 2.22. The fourth-order valence-electron chi connectivity index (χ4n) is 2.58. The van der Waals surface area contributed by atoms with Gasteiger partial charge in [0, 0.05) is 23.6 Å². The van der Waals surface area contributed by atoms with Crippen LogP contribution in [0.5, 0.6) is 0 Å². The Labute approximate surface area is 130 Å². The second kappa shape index (κ2) is 6.07. The molecular weight excluding hydrogens is 336 g/mol. The van der Waals surface area contributed by atoms with E-state index in [9.17, 15) is 9.59 Å². The minimum atomic E-state index is -0.179. The smallest absolute Gasteiger partial charge is 0.261 e. The minimum Gasteiger partial charge on any atom is -0.381 e. The lowest BCUT2D eigenvalue weighted by atomic mass is 9.95. The van der Waals surface area contributed by atoms with Crippen molar-refractivity contribution < 1.29 is 9.53 Å². The number of aromatic nitrogens is 2. The van der Waals surface area contributed by atoms with Gasteiger partial charge in [-0.05, 0) is 40.9 Å². The molecule has 0 atom stereocenters. The zero-order valence-corrected chi connectivity index (χ0v) is 13.0. The predicted molar refractivity (Wildman–Crippen MR) is 82.3 cm³/mol. The van der Waals surface area contributed by atoms with Gasteiger partial charge in [-0.1, -0.05) is 6.07 Å². The Balaban J connectivity index is 1.89. The molecule has 1 saturated heterocycles. The van der Waals surface area contributed by atoms with E-state index in [0.717, 1.165) is 17.3 Å². The first kappa shape index (κ1) is 14.4. The van der Waals surface area contributed by atoms with Gasteiger partial charge < -0.3 is 4.74 Å². The summed E-state index contributed by atoms with van der Waals surface area (Å²) in [6.45, 7) is 1.32. The molecule has 0 bridgehead atoms. The number of fused-ring (bicyclic) bond motifs is 1. The number of Topliss-reactive ketones (excluding diaryl/α,β-unsaturated/α-hetero) is 1. The van der Waals surface area contributed by atoms with Crippen LogP contribution in [0.15, 0.2) is 33.8 Å². The zero-order chi connectivity index (χ0) is 14.8. The molecule has 3 rings (SSSR count). The summed E-state index contributed by atoms with van der Waals surface area (Å²) in [6, 6.07) is 5.36. The van der Waals surface area contributed by atoms with Crippen LogP contribution in [0.2, 0.25) is 0 Å². The molecule has 2 heterocycles. The first-order valence-electron chi connectivity index (χ1n) is 6.91. The van der Waals surface area contributed by atoms with Gasteiger partial charge in [0.15, 0.2) is 5.78 Å². The highest BCUT2D eigenvalue weighted by molar-refractivity contribution is 9.10. The molecule has 1 aromatic heterocycles. The number of rotatable bonds is 3. The third kappa shape index (κ3) is 2.91. The average Bonchev–Trinajstić information content (AvgIpc) is 2.51. The van der Waals surface area contributed by atoms with Crippen LogP contribution in [-0.4, -0.2) is 28.5 Å². The maximum Gasteiger partial charge on any atom is 0.261 e. The molecule has 0 amide bonds. The molecule has 0 radical (unpaired) electrons. The standard InChI is InChI=1S/C15H15BrN2O3/c16-12-3-1-2-11-14(12)17-9-18(15(11)20)8-13(19)10-4-6-21-7-5-10/h1-3,9-10H,4-8H2. The Morgan fingerprint density at radius 1 is 1.38 bits per heavy atom. The lowest BCUT2D eigenvalue weighted by Gasteiger charge is -2.21. The summed E-state index contributed by atoms with van der Waals surface area (Å²) in [7, 11) is 0. The van der Waals surface area contributed by atoms with Gasteiger partial charge in [0.1, 0.15) is 0 Å². The van der Waals surface area contributed by atoms with E-state index in [0.29, 0.717) is 24.1 Å². The SMILES string of the molecule is O=C(Cn1cnc2c(Br)cccc2c1=O)C1CCOCC1. The number of hydrogen-bond acceptors (Lipinski definition) is 4. The van der Waals surface area contributed by atoms with Crippen molar-refractivity contribution in [1.29, 1.82) is 0 Å². The van der Waals surface area contributed by atoms with E-state index in [1.807, 2.05) is 6.07 Å². The maximum absolute atomic E-state index is 12.4. The molecule has 0 N–H and O–H groups in total. The van der Waals surface area contributed by atoms with Crippen molar-refractivity contribution in [3.8, 4) is 0 Å². The Morgan fingerprint density at radius 3 is 2.90 bits per heavy atom. The number of benzene rings is 1. The third-order valence-corrected chi connectivity index (χ3v) is 4.45. The van der Waals surface area contributed by atoms with Gasteiger partial charge in [-0.2, -0.15) is 0 Å². The molecule has 0 aliphatic carbocycles. The van der Waals surface area contributed by atoms with E-state index in [1.54, 1.807) is 12.1 Å². The van der Waals surface area contributed by atoms with Gasteiger partial charge in [-0.15, -0.1) is 0 Å². The van der Waals surface area contributed by atoms with Gasteiger partial charge in [0.2, 0.25) is 0 Å². The molecule has 1 fully saturated rings. The van der Waals surface area contributed by atoms with E-state index in [2.05, 4.69) is 20.9 Å².